The Morgan fingerprint density at radius 3 is 2.09 bits per heavy atom. The van der Waals surface area contributed by atoms with Gasteiger partial charge in [0, 0.05) is 16.3 Å². The first-order valence-corrected chi connectivity index (χ1v) is 10.6. The van der Waals surface area contributed by atoms with Gasteiger partial charge in [-0.1, -0.05) is 11.6 Å². The molecule has 4 rings (SSSR count). The van der Waals surface area contributed by atoms with Crippen molar-refractivity contribution in [2.75, 3.05) is 31.5 Å². The van der Waals surface area contributed by atoms with E-state index in [1.807, 2.05) is 0 Å². The van der Waals surface area contributed by atoms with Crippen LogP contribution < -0.4 is 24.4 Å². The van der Waals surface area contributed by atoms with Crippen molar-refractivity contribution in [1.29, 1.82) is 0 Å². The largest absolute Gasteiger partial charge is 0.493 e. The third-order valence-electron chi connectivity index (χ3n) is 5.47. The average molecular weight is 481 g/mol. The average Bonchev–Trinajstić information content (AvgIpc) is 3.07. The Bertz CT molecular complexity index is 1310. The van der Waals surface area contributed by atoms with E-state index in [-0.39, 0.29) is 5.56 Å². The van der Waals surface area contributed by atoms with E-state index < -0.39 is 17.7 Å². The van der Waals surface area contributed by atoms with Gasteiger partial charge in [-0.2, -0.15) is 0 Å². The van der Waals surface area contributed by atoms with Crippen molar-refractivity contribution < 1.29 is 28.6 Å². The van der Waals surface area contributed by atoms with E-state index in [0.29, 0.717) is 50.3 Å². The van der Waals surface area contributed by atoms with Gasteiger partial charge in [0.15, 0.2) is 11.5 Å². The quantitative estimate of drug-likeness (QED) is 0.513. The molecule has 0 saturated heterocycles. The lowest BCUT2D eigenvalue weighted by atomic mass is 10.1. The molecule has 9 heteroatoms. The Morgan fingerprint density at radius 1 is 0.853 bits per heavy atom. The fourth-order valence-corrected chi connectivity index (χ4v) is 4.00. The number of hydrogen-bond acceptors (Lipinski definition) is 6. The fraction of sp³-hybridized carbons (Fsp3) is 0.160. The van der Waals surface area contributed by atoms with Crippen LogP contribution in [-0.2, 0) is 0 Å². The molecule has 0 spiro atoms. The summed E-state index contributed by atoms with van der Waals surface area (Å²) in [6.07, 6.45) is 0. The van der Waals surface area contributed by atoms with Crippen LogP contribution in [0.25, 0.3) is 0 Å². The summed E-state index contributed by atoms with van der Waals surface area (Å²) in [4.78, 5) is 39.7. The summed E-state index contributed by atoms with van der Waals surface area (Å²) in [6.45, 7) is 1.75. The zero-order valence-corrected chi connectivity index (χ0v) is 19.6. The van der Waals surface area contributed by atoms with E-state index in [1.54, 1.807) is 49.4 Å². The predicted molar refractivity (Wildman–Crippen MR) is 128 cm³/mol. The van der Waals surface area contributed by atoms with Gasteiger partial charge in [0.25, 0.3) is 17.7 Å². The number of amides is 3. The van der Waals surface area contributed by atoms with Gasteiger partial charge in [-0.25, -0.2) is 4.90 Å². The molecular weight excluding hydrogens is 460 g/mol. The Labute approximate surface area is 201 Å². The number of nitrogens with one attached hydrogen (secondary N) is 1. The predicted octanol–water partition coefficient (Wildman–Crippen LogP) is 4.73. The Hall–Kier alpha value is -4.04. The summed E-state index contributed by atoms with van der Waals surface area (Å²) in [6, 6.07) is 12.6. The van der Waals surface area contributed by atoms with Crippen molar-refractivity contribution in [3.8, 4) is 17.2 Å². The van der Waals surface area contributed by atoms with Gasteiger partial charge >= 0.3 is 0 Å². The minimum atomic E-state index is -0.445. The van der Waals surface area contributed by atoms with Crippen LogP contribution in [0.5, 0.6) is 17.2 Å². The molecular formula is C25H21ClN2O6. The number of imide groups is 1. The number of hydrogen-bond donors (Lipinski definition) is 1. The maximum absolute atomic E-state index is 12.9. The molecule has 0 radical (unpaired) electrons. The SMILES string of the molecule is COc1cc(C(=O)Nc2ccc(N3C(=O)c4ccc(Cl)cc4C3=O)c(C)c2)cc(OC)c1OC. The number of benzene rings is 3. The maximum atomic E-state index is 12.9. The smallest absolute Gasteiger partial charge is 0.266 e. The zero-order chi connectivity index (χ0) is 24.6. The molecule has 3 amide bonds. The molecule has 3 aromatic carbocycles. The first-order valence-electron chi connectivity index (χ1n) is 10.2. The summed E-state index contributed by atoms with van der Waals surface area (Å²) in [5, 5.41) is 3.19. The topological polar surface area (TPSA) is 94.2 Å². The molecule has 8 nitrogen and oxygen atoms in total. The number of halogens is 1. The standard InChI is InChI=1S/C25H21ClN2O6/c1-13-9-16(27-23(29)14-10-20(32-2)22(34-4)21(11-14)33-3)6-8-19(13)28-24(30)17-7-5-15(26)12-18(17)25(28)31/h5-12H,1-4H3,(H,27,29). The van der Waals surface area contributed by atoms with Crippen LogP contribution in [0.15, 0.2) is 48.5 Å². The monoisotopic (exact) mass is 480 g/mol. The molecule has 0 atom stereocenters. The molecule has 0 unspecified atom stereocenters. The summed E-state index contributed by atoms with van der Waals surface area (Å²) in [7, 11) is 4.41. The van der Waals surface area contributed by atoms with Crippen LogP contribution in [0.3, 0.4) is 0 Å². The lowest BCUT2D eigenvalue weighted by Crippen LogP contribution is -2.30. The van der Waals surface area contributed by atoms with Gasteiger partial charge in [-0.05, 0) is 61.0 Å². The van der Waals surface area contributed by atoms with Crippen LogP contribution in [0.2, 0.25) is 5.02 Å². The first-order chi connectivity index (χ1) is 16.3. The zero-order valence-electron chi connectivity index (χ0n) is 18.9. The van der Waals surface area contributed by atoms with Gasteiger partial charge in [0.2, 0.25) is 5.75 Å². The highest BCUT2D eigenvalue weighted by molar-refractivity contribution is 6.37. The summed E-state index contributed by atoms with van der Waals surface area (Å²) >= 11 is 5.99. The third kappa shape index (κ3) is 3.92. The molecule has 1 aliphatic heterocycles. The second-order valence-electron chi connectivity index (χ2n) is 7.51. The summed E-state index contributed by atoms with van der Waals surface area (Å²) in [5.74, 6) is -0.187. The second kappa shape index (κ2) is 9.07. The van der Waals surface area contributed by atoms with Crippen molar-refractivity contribution in [1.82, 2.24) is 0 Å². The van der Waals surface area contributed by atoms with Gasteiger partial charge < -0.3 is 19.5 Å². The van der Waals surface area contributed by atoms with Crippen LogP contribution in [0, 0.1) is 6.92 Å². The number of carbonyl (C=O) groups is 3. The highest BCUT2D eigenvalue weighted by Gasteiger charge is 2.37. The van der Waals surface area contributed by atoms with Crippen LogP contribution in [0.1, 0.15) is 36.6 Å². The molecule has 1 aliphatic rings. The van der Waals surface area contributed by atoms with Crippen molar-refractivity contribution >= 4 is 40.7 Å². The van der Waals surface area contributed by atoms with E-state index in [0.717, 1.165) is 4.90 Å². The number of anilines is 2. The number of fused-ring (bicyclic) bond motifs is 1. The third-order valence-corrected chi connectivity index (χ3v) is 5.71. The Balaban J connectivity index is 1.60. The molecule has 1 N–H and O–H groups in total. The minimum Gasteiger partial charge on any atom is -0.493 e. The van der Waals surface area contributed by atoms with E-state index in [9.17, 15) is 14.4 Å². The number of carbonyl (C=O) groups excluding carboxylic acids is 3. The highest BCUT2D eigenvalue weighted by atomic mass is 35.5. The molecule has 0 aliphatic carbocycles. The summed E-state index contributed by atoms with van der Waals surface area (Å²) in [5.41, 5.74) is 2.40. The van der Waals surface area contributed by atoms with E-state index in [1.165, 1.54) is 27.4 Å². The van der Waals surface area contributed by atoms with Gasteiger partial charge in [-0.15, -0.1) is 0 Å². The molecule has 0 bridgehead atoms. The van der Waals surface area contributed by atoms with E-state index >= 15 is 0 Å². The number of aryl methyl sites for hydroxylation is 1. The van der Waals surface area contributed by atoms with Crippen LogP contribution in [0.4, 0.5) is 11.4 Å². The molecule has 0 fully saturated rings. The number of ether oxygens (including phenoxy) is 3. The molecule has 1 heterocycles. The first kappa shape index (κ1) is 23.1. The Kier molecular flexibility index (Phi) is 6.17. The lowest BCUT2D eigenvalue weighted by molar-refractivity contribution is 0.0924. The number of methoxy groups -OCH3 is 3. The van der Waals surface area contributed by atoms with E-state index in [2.05, 4.69) is 5.32 Å². The fourth-order valence-electron chi connectivity index (χ4n) is 3.83. The molecule has 0 aromatic heterocycles. The Morgan fingerprint density at radius 2 is 1.50 bits per heavy atom. The van der Waals surface area contributed by atoms with Gasteiger partial charge in [0.05, 0.1) is 38.1 Å². The van der Waals surface area contributed by atoms with Crippen molar-refractivity contribution in [2.24, 2.45) is 0 Å². The summed E-state index contributed by atoms with van der Waals surface area (Å²) < 4.78 is 15.9. The maximum Gasteiger partial charge on any atom is 0.266 e. The van der Waals surface area contributed by atoms with Crippen molar-refractivity contribution in [2.45, 2.75) is 6.92 Å². The molecule has 34 heavy (non-hydrogen) atoms. The van der Waals surface area contributed by atoms with E-state index in [4.69, 9.17) is 25.8 Å². The van der Waals surface area contributed by atoms with Gasteiger partial charge in [0.1, 0.15) is 0 Å². The molecule has 3 aromatic rings. The number of nitrogens with zero attached hydrogens (tertiary/aromatic N) is 1. The minimum absolute atomic E-state index is 0.261. The van der Waals surface area contributed by atoms with Crippen molar-refractivity contribution in [3.63, 3.8) is 0 Å². The lowest BCUT2D eigenvalue weighted by Gasteiger charge is -2.18. The second-order valence-corrected chi connectivity index (χ2v) is 7.94. The van der Waals surface area contributed by atoms with Crippen molar-refractivity contribution in [3.05, 3.63) is 75.8 Å². The molecule has 0 saturated carbocycles. The van der Waals surface area contributed by atoms with Crippen LogP contribution >= 0.6 is 11.6 Å². The number of rotatable bonds is 6. The normalized spacial score (nSPS) is 12.4. The van der Waals surface area contributed by atoms with Gasteiger partial charge in [-0.3, -0.25) is 14.4 Å². The highest BCUT2D eigenvalue weighted by Crippen LogP contribution is 2.38. The van der Waals surface area contributed by atoms with Crippen LogP contribution in [-0.4, -0.2) is 39.1 Å². The molecule has 174 valence electrons.